The summed E-state index contributed by atoms with van der Waals surface area (Å²) in [5.74, 6) is 0.743. The van der Waals surface area contributed by atoms with Gasteiger partial charge in [-0.15, -0.1) is 0 Å². The lowest BCUT2D eigenvalue weighted by atomic mass is 10.0. The first kappa shape index (κ1) is 13.3. The topological polar surface area (TPSA) is 61.0 Å². The van der Waals surface area contributed by atoms with Crippen molar-refractivity contribution >= 4 is 0 Å². The van der Waals surface area contributed by atoms with Crippen LogP contribution in [-0.4, -0.2) is 22.1 Å². The number of fused-ring (bicyclic) bond motifs is 1. The predicted octanol–water partition coefficient (Wildman–Crippen LogP) is 2.25. The zero-order valence-corrected chi connectivity index (χ0v) is 11.4. The van der Waals surface area contributed by atoms with Crippen LogP contribution in [0.25, 0.3) is 0 Å². The molecule has 0 radical (unpaired) electrons. The largest absolute Gasteiger partial charge is 0.475 e. The molecule has 2 rings (SSSR count). The van der Waals surface area contributed by atoms with Crippen molar-refractivity contribution in [3.05, 3.63) is 17.6 Å². The smallest absolute Gasteiger partial charge is 0.219 e. The average Bonchev–Trinajstić information content (AvgIpc) is 2.62. The van der Waals surface area contributed by atoms with E-state index in [-0.39, 0.29) is 5.54 Å². The molecule has 4 heteroatoms. The van der Waals surface area contributed by atoms with Gasteiger partial charge in [-0.05, 0) is 39.0 Å². The van der Waals surface area contributed by atoms with Crippen LogP contribution in [0.3, 0.4) is 0 Å². The Balaban J connectivity index is 2.13. The quantitative estimate of drug-likeness (QED) is 0.831. The molecule has 1 atom stereocenters. The van der Waals surface area contributed by atoms with Gasteiger partial charge in [0, 0.05) is 11.1 Å². The van der Waals surface area contributed by atoms with Crippen LogP contribution in [0.1, 0.15) is 50.8 Å². The van der Waals surface area contributed by atoms with Crippen molar-refractivity contribution in [2.45, 2.75) is 57.9 Å². The van der Waals surface area contributed by atoms with E-state index in [1.165, 1.54) is 24.8 Å². The molecule has 100 valence electrons. The number of hydrogen-bond acceptors (Lipinski definition) is 4. The number of aryl methyl sites for hydroxylation is 1. The van der Waals surface area contributed by atoms with E-state index in [4.69, 9.17) is 10.5 Å². The Kier molecular flexibility index (Phi) is 4.17. The number of hydrogen-bond donors (Lipinski definition) is 1. The minimum Gasteiger partial charge on any atom is -0.475 e. The molecule has 2 N–H and O–H groups in total. The van der Waals surface area contributed by atoms with Crippen LogP contribution in [0.5, 0.6) is 5.88 Å². The second-order valence-corrected chi connectivity index (χ2v) is 5.46. The minimum absolute atomic E-state index is 0.289. The highest BCUT2D eigenvalue weighted by atomic mass is 16.5. The molecule has 0 saturated heterocycles. The normalized spacial score (nSPS) is 18.6. The Morgan fingerprint density at radius 1 is 1.28 bits per heavy atom. The number of nitrogens with two attached hydrogens (primary N) is 1. The molecule has 0 saturated carbocycles. The van der Waals surface area contributed by atoms with Crippen molar-refractivity contribution in [1.29, 1.82) is 0 Å². The van der Waals surface area contributed by atoms with Crippen LogP contribution < -0.4 is 10.5 Å². The Hall–Kier alpha value is -1.16. The van der Waals surface area contributed by atoms with Crippen LogP contribution >= 0.6 is 0 Å². The minimum atomic E-state index is -0.289. The average molecular weight is 249 g/mol. The number of ether oxygens (including phenoxy) is 1. The molecule has 0 fully saturated rings. The maximum absolute atomic E-state index is 6.10. The van der Waals surface area contributed by atoms with Gasteiger partial charge in [0.25, 0.3) is 0 Å². The second-order valence-electron chi connectivity index (χ2n) is 5.46. The van der Waals surface area contributed by atoms with Gasteiger partial charge in [-0.2, -0.15) is 0 Å². The summed E-state index contributed by atoms with van der Waals surface area (Å²) in [5, 5.41) is 0. The number of rotatable bonds is 4. The molecule has 1 aliphatic rings. The Bertz CT molecular complexity index is 404. The Morgan fingerprint density at radius 2 is 2.06 bits per heavy atom. The van der Waals surface area contributed by atoms with Crippen molar-refractivity contribution < 1.29 is 4.74 Å². The van der Waals surface area contributed by atoms with E-state index in [0.29, 0.717) is 6.61 Å². The fourth-order valence-corrected chi connectivity index (χ4v) is 2.13. The predicted molar refractivity (Wildman–Crippen MR) is 71.7 cm³/mol. The highest BCUT2D eigenvalue weighted by molar-refractivity contribution is 5.31. The summed E-state index contributed by atoms with van der Waals surface area (Å²) in [6.07, 6.45) is 8.25. The van der Waals surface area contributed by atoms with Crippen LogP contribution in [-0.2, 0) is 12.8 Å². The van der Waals surface area contributed by atoms with Crippen molar-refractivity contribution in [1.82, 2.24) is 9.97 Å². The van der Waals surface area contributed by atoms with Gasteiger partial charge in [0.05, 0.1) is 5.69 Å². The van der Waals surface area contributed by atoms with E-state index >= 15 is 0 Å². The molecular formula is C14H23N3O. The third-order valence-electron chi connectivity index (χ3n) is 3.68. The summed E-state index contributed by atoms with van der Waals surface area (Å²) in [7, 11) is 0. The molecule has 18 heavy (non-hydrogen) atoms. The summed E-state index contributed by atoms with van der Waals surface area (Å²) in [6, 6.07) is 0. The lowest BCUT2D eigenvalue weighted by Gasteiger charge is -2.23. The van der Waals surface area contributed by atoms with Crippen LogP contribution in [0.15, 0.2) is 6.33 Å². The van der Waals surface area contributed by atoms with Gasteiger partial charge in [-0.1, -0.05) is 13.3 Å². The maximum atomic E-state index is 6.10. The molecule has 1 unspecified atom stereocenters. The summed E-state index contributed by atoms with van der Waals surface area (Å²) in [6.45, 7) is 4.59. The third kappa shape index (κ3) is 3.19. The molecule has 1 aromatic rings. The summed E-state index contributed by atoms with van der Waals surface area (Å²) >= 11 is 0. The Labute approximate surface area is 109 Å². The summed E-state index contributed by atoms with van der Waals surface area (Å²) in [5.41, 5.74) is 8.17. The van der Waals surface area contributed by atoms with Crippen LogP contribution in [0, 0.1) is 0 Å². The first-order valence-electron chi connectivity index (χ1n) is 6.87. The Morgan fingerprint density at radius 3 is 2.83 bits per heavy atom. The number of aromatic nitrogens is 2. The molecule has 1 aromatic heterocycles. The summed E-state index contributed by atoms with van der Waals surface area (Å²) < 4.78 is 5.84. The van der Waals surface area contributed by atoms with Gasteiger partial charge in [0.1, 0.15) is 12.9 Å². The highest BCUT2D eigenvalue weighted by Gasteiger charge is 2.20. The van der Waals surface area contributed by atoms with E-state index in [0.717, 1.165) is 30.8 Å². The first-order chi connectivity index (χ1) is 8.62. The van der Waals surface area contributed by atoms with Gasteiger partial charge in [-0.3, -0.25) is 0 Å². The molecule has 4 nitrogen and oxygen atoms in total. The SMILES string of the molecule is CCC(C)(N)COc1ncnc2c1CCCCC2. The van der Waals surface area contributed by atoms with E-state index in [1.807, 2.05) is 6.92 Å². The van der Waals surface area contributed by atoms with Gasteiger partial charge in [0.2, 0.25) is 5.88 Å². The van der Waals surface area contributed by atoms with E-state index in [9.17, 15) is 0 Å². The van der Waals surface area contributed by atoms with Crippen molar-refractivity contribution in [3.63, 3.8) is 0 Å². The fraction of sp³-hybridized carbons (Fsp3) is 0.714. The lowest BCUT2D eigenvalue weighted by Crippen LogP contribution is -2.41. The molecular weight excluding hydrogens is 226 g/mol. The maximum Gasteiger partial charge on any atom is 0.219 e. The molecule has 0 bridgehead atoms. The van der Waals surface area contributed by atoms with Crippen molar-refractivity contribution in [3.8, 4) is 5.88 Å². The van der Waals surface area contributed by atoms with Gasteiger partial charge < -0.3 is 10.5 Å². The van der Waals surface area contributed by atoms with Gasteiger partial charge >= 0.3 is 0 Å². The van der Waals surface area contributed by atoms with E-state index < -0.39 is 0 Å². The monoisotopic (exact) mass is 249 g/mol. The molecule has 0 aromatic carbocycles. The molecule has 0 amide bonds. The zero-order valence-electron chi connectivity index (χ0n) is 11.4. The molecule has 1 heterocycles. The fourth-order valence-electron chi connectivity index (χ4n) is 2.13. The highest BCUT2D eigenvalue weighted by Crippen LogP contribution is 2.25. The van der Waals surface area contributed by atoms with Crippen LogP contribution in [0.4, 0.5) is 0 Å². The molecule has 0 aliphatic heterocycles. The lowest BCUT2D eigenvalue weighted by molar-refractivity contribution is 0.216. The number of nitrogens with zero attached hydrogens (tertiary/aromatic N) is 2. The second kappa shape index (κ2) is 5.65. The van der Waals surface area contributed by atoms with E-state index in [1.54, 1.807) is 6.33 Å². The molecule has 0 spiro atoms. The van der Waals surface area contributed by atoms with Crippen molar-refractivity contribution in [2.24, 2.45) is 5.73 Å². The van der Waals surface area contributed by atoms with Crippen molar-refractivity contribution in [2.75, 3.05) is 6.61 Å². The van der Waals surface area contributed by atoms with Gasteiger partial charge in [-0.25, -0.2) is 9.97 Å². The van der Waals surface area contributed by atoms with E-state index in [2.05, 4.69) is 16.9 Å². The zero-order chi connectivity index (χ0) is 13.0. The van der Waals surface area contributed by atoms with Crippen LogP contribution in [0.2, 0.25) is 0 Å². The summed E-state index contributed by atoms with van der Waals surface area (Å²) in [4.78, 5) is 8.66. The first-order valence-corrected chi connectivity index (χ1v) is 6.87. The van der Waals surface area contributed by atoms with Gasteiger partial charge in [0.15, 0.2) is 0 Å². The molecule has 1 aliphatic carbocycles. The standard InChI is InChI=1S/C14H23N3O/c1-3-14(2,15)9-18-13-11-7-5-4-6-8-12(11)16-10-17-13/h10H,3-9,15H2,1-2H3. The third-order valence-corrected chi connectivity index (χ3v) is 3.68.